The molecule has 1 aromatic rings. The summed E-state index contributed by atoms with van der Waals surface area (Å²) >= 11 is 0. The highest BCUT2D eigenvalue weighted by Crippen LogP contribution is 2.16. The number of aryl methyl sites for hydroxylation is 1. The molecule has 0 aromatic heterocycles. The van der Waals surface area contributed by atoms with Gasteiger partial charge >= 0.3 is 0 Å². The molecule has 112 valence electrons. The van der Waals surface area contributed by atoms with Crippen molar-refractivity contribution in [3.8, 4) is 0 Å². The van der Waals surface area contributed by atoms with E-state index in [1.165, 1.54) is 24.1 Å². The van der Waals surface area contributed by atoms with Crippen molar-refractivity contribution in [2.24, 2.45) is 5.92 Å². The van der Waals surface area contributed by atoms with Crippen LogP contribution in [0.15, 0.2) is 24.3 Å². The van der Waals surface area contributed by atoms with Crippen molar-refractivity contribution < 1.29 is 0 Å². The molecule has 1 heterocycles. The summed E-state index contributed by atoms with van der Waals surface area (Å²) in [6, 6.07) is 10.4. The lowest BCUT2D eigenvalue weighted by molar-refractivity contribution is 0.125. The molecule has 2 unspecified atom stereocenters. The fraction of sp³-hybridized carbons (Fsp3) is 0.667. The average Bonchev–Trinajstić information content (AvgIpc) is 2.43. The molecule has 1 fully saturated rings. The Balaban J connectivity index is 1.94. The summed E-state index contributed by atoms with van der Waals surface area (Å²) in [5, 5.41) is 3.69. The molecule has 1 saturated heterocycles. The smallest absolute Gasteiger partial charge is 0.0237 e. The molecule has 0 spiro atoms. The zero-order valence-corrected chi connectivity index (χ0v) is 13.5. The van der Waals surface area contributed by atoms with Crippen LogP contribution < -0.4 is 5.32 Å². The SMILES string of the molecule is CCc1ccc(CN2CC(CC(C)C)NCC2C)cc1. The van der Waals surface area contributed by atoms with E-state index in [-0.39, 0.29) is 0 Å². The van der Waals surface area contributed by atoms with Gasteiger partial charge in [0.05, 0.1) is 0 Å². The quantitative estimate of drug-likeness (QED) is 0.884. The number of nitrogens with zero attached hydrogens (tertiary/aromatic N) is 1. The van der Waals surface area contributed by atoms with Crippen molar-refractivity contribution in [1.29, 1.82) is 0 Å². The third kappa shape index (κ3) is 4.32. The predicted molar refractivity (Wildman–Crippen MR) is 86.9 cm³/mol. The molecule has 0 aliphatic carbocycles. The molecular weight excluding hydrogens is 244 g/mol. The lowest BCUT2D eigenvalue weighted by atomic mass is 9.99. The maximum absolute atomic E-state index is 3.69. The van der Waals surface area contributed by atoms with Gasteiger partial charge in [0, 0.05) is 31.7 Å². The Morgan fingerprint density at radius 1 is 1.20 bits per heavy atom. The van der Waals surface area contributed by atoms with E-state index in [4.69, 9.17) is 0 Å². The van der Waals surface area contributed by atoms with Gasteiger partial charge in [0.2, 0.25) is 0 Å². The first-order valence-electron chi connectivity index (χ1n) is 8.13. The van der Waals surface area contributed by atoms with Gasteiger partial charge in [-0.1, -0.05) is 45.0 Å². The van der Waals surface area contributed by atoms with Crippen molar-refractivity contribution in [2.45, 2.75) is 59.2 Å². The second kappa shape index (κ2) is 7.24. The summed E-state index contributed by atoms with van der Waals surface area (Å²) < 4.78 is 0. The third-order valence-corrected chi connectivity index (χ3v) is 4.35. The summed E-state index contributed by atoms with van der Waals surface area (Å²) in [6.45, 7) is 12.5. The van der Waals surface area contributed by atoms with Crippen molar-refractivity contribution in [3.63, 3.8) is 0 Å². The molecule has 0 bridgehead atoms. The number of nitrogens with one attached hydrogen (secondary N) is 1. The molecule has 0 radical (unpaired) electrons. The Labute approximate surface area is 124 Å². The van der Waals surface area contributed by atoms with Gasteiger partial charge in [0.25, 0.3) is 0 Å². The van der Waals surface area contributed by atoms with Crippen LogP contribution in [0.2, 0.25) is 0 Å². The standard InChI is InChI=1S/C18H30N2/c1-5-16-6-8-17(9-7-16)12-20-13-18(10-14(2)3)19-11-15(20)4/h6-9,14-15,18-19H,5,10-13H2,1-4H3. The predicted octanol–water partition coefficient (Wildman–Crippen LogP) is 3.46. The summed E-state index contributed by atoms with van der Waals surface area (Å²) in [7, 11) is 0. The van der Waals surface area contributed by atoms with Gasteiger partial charge in [-0.2, -0.15) is 0 Å². The number of rotatable bonds is 5. The van der Waals surface area contributed by atoms with E-state index < -0.39 is 0 Å². The zero-order chi connectivity index (χ0) is 14.5. The van der Waals surface area contributed by atoms with Crippen LogP contribution in [0.3, 0.4) is 0 Å². The van der Waals surface area contributed by atoms with E-state index in [9.17, 15) is 0 Å². The van der Waals surface area contributed by atoms with Crippen molar-refractivity contribution >= 4 is 0 Å². The van der Waals surface area contributed by atoms with Gasteiger partial charge in [0.1, 0.15) is 0 Å². The summed E-state index contributed by atoms with van der Waals surface area (Å²) in [5.41, 5.74) is 2.87. The van der Waals surface area contributed by atoms with Crippen LogP contribution in [0.25, 0.3) is 0 Å². The Bertz CT molecular complexity index is 396. The van der Waals surface area contributed by atoms with Crippen LogP contribution in [0.1, 0.15) is 45.2 Å². The van der Waals surface area contributed by atoms with Crippen LogP contribution >= 0.6 is 0 Å². The van der Waals surface area contributed by atoms with E-state index in [1.807, 2.05) is 0 Å². The lowest BCUT2D eigenvalue weighted by Gasteiger charge is -2.39. The Kier molecular flexibility index (Phi) is 5.62. The van der Waals surface area contributed by atoms with Crippen LogP contribution in [-0.2, 0) is 13.0 Å². The van der Waals surface area contributed by atoms with Gasteiger partial charge in [-0.3, -0.25) is 4.90 Å². The summed E-state index contributed by atoms with van der Waals surface area (Å²) in [5.74, 6) is 0.770. The third-order valence-electron chi connectivity index (χ3n) is 4.35. The molecule has 1 N–H and O–H groups in total. The maximum atomic E-state index is 3.69. The van der Waals surface area contributed by atoms with Gasteiger partial charge in [-0.15, -0.1) is 0 Å². The highest BCUT2D eigenvalue weighted by Gasteiger charge is 2.25. The highest BCUT2D eigenvalue weighted by molar-refractivity contribution is 5.22. The minimum Gasteiger partial charge on any atom is -0.311 e. The molecule has 2 nitrogen and oxygen atoms in total. The lowest BCUT2D eigenvalue weighted by Crippen LogP contribution is -2.55. The number of benzene rings is 1. The largest absolute Gasteiger partial charge is 0.311 e. The molecule has 0 amide bonds. The monoisotopic (exact) mass is 274 g/mol. The van der Waals surface area contributed by atoms with Crippen LogP contribution in [0, 0.1) is 5.92 Å². The van der Waals surface area contributed by atoms with E-state index in [0.29, 0.717) is 12.1 Å². The fourth-order valence-electron chi connectivity index (χ4n) is 3.06. The van der Waals surface area contributed by atoms with E-state index in [0.717, 1.165) is 25.4 Å². The minimum absolute atomic E-state index is 0.629. The van der Waals surface area contributed by atoms with Gasteiger partial charge in [-0.25, -0.2) is 0 Å². The Hall–Kier alpha value is -0.860. The normalized spacial score (nSPS) is 24.2. The van der Waals surface area contributed by atoms with E-state index in [2.05, 4.69) is 62.2 Å². The topological polar surface area (TPSA) is 15.3 Å². The number of hydrogen-bond acceptors (Lipinski definition) is 2. The maximum Gasteiger partial charge on any atom is 0.0237 e. The molecule has 2 atom stereocenters. The molecule has 20 heavy (non-hydrogen) atoms. The van der Waals surface area contributed by atoms with E-state index in [1.54, 1.807) is 0 Å². The molecule has 1 aliphatic heterocycles. The molecule has 2 heteroatoms. The number of piperazine rings is 1. The zero-order valence-electron chi connectivity index (χ0n) is 13.5. The molecule has 0 saturated carbocycles. The van der Waals surface area contributed by atoms with Crippen molar-refractivity contribution in [1.82, 2.24) is 10.2 Å². The Morgan fingerprint density at radius 3 is 2.45 bits per heavy atom. The first kappa shape index (κ1) is 15.5. The minimum atomic E-state index is 0.629. The summed E-state index contributed by atoms with van der Waals surface area (Å²) in [4.78, 5) is 2.63. The van der Waals surface area contributed by atoms with E-state index >= 15 is 0 Å². The van der Waals surface area contributed by atoms with Gasteiger partial charge in [0.15, 0.2) is 0 Å². The molecule has 1 aromatic carbocycles. The van der Waals surface area contributed by atoms with Crippen LogP contribution in [0.4, 0.5) is 0 Å². The fourth-order valence-corrected chi connectivity index (χ4v) is 3.06. The number of hydrogen-bond donors (Lipinski definition) is 1. The molecule has 1 aliphatic rings. The van der Waals surface area contributed by atoms with Crippen molar-refractivity contribution in [2.75, 3.05) is 13.1 Å². The van der Waals surface area contributed by atoms with Crippen LogP contribution in [-0.4, -0.2) is 30.1 Å². The molecule has 2 rings (SSSR count). The van der Waals surface area contributed by atoms with Gasteiger partial charge in [-0.05, 0) is 36.8 Å². The second-order valence-corrected chi connectivity index (χ2v) is 6.68. The summed E-state index contributed by atoms with van der Waals surface area (Å²) in [6.07, 6.45) is 2.40. The second-order valence-electron chi connectivity index (χ2n) is 6.68. The highest BCUT2D eigenvalue weighted by atomic mass is 15.2. The average molecular weight is 274 g/mol. The first-order valence-corrected chi connectivity index (χ1v) is 8.13. The van der Waals surface area contributed by atoms with Crippen LogP contribution in [0.5, 0.6) is 0 Å². The molecular formula is C18H30N2. The van der Waals surface area contributed by atoms with Gasteiger partial charge < -0.3 is 5.32 Å². The first-order chi connectivity index (χ1) is 9.58. The van der Waals surface area contributed by atoms with Crippen molar-refractivity contribution in [3.05, 3.63) is 35.4 Å². The Morgan fingerprint density at radius 2 is 1.85 bits per heavy atom.